The lowest BCUT2D eigenvalue weighted by atomic mass is 9.97. The largest absolute Gasteiger partial charge is 0.396 e. The van der Waals surface area contributed by atoms with Crippen molar-refractivity contribution in [3.63, 3.8) is 0 Å². The standard InChI is InChI=1S/C18H21N5O2/c1-12(2)13-3-5-14(6-4-13)16(8-10-24)19-18(25)15-7-9-23-17(11-15)20-21-22-23/h3-7,9,11-12,16,24H,8,10H2,1-2H3,(H,19,25)/t16-/m1/s1. The molecule has 0 bridgehead atoms. The molecule has 0 spiro atoms. The van der Waals surface area contributed by atoms with Gasteiger partial charge in [-0.25, -0.2) is 4.52 Å². The summed E-state index contributed by atoms with van der Waals surface area (Å²) in [5.41, 5.74) is 3.19. The summed E-state index contributed by atoms with van der Waals surface area (Å²) in [6, 6.07) is 11.2. The van der Waals surface area contributed by atoms with Gasteiger partial charge in [0, 0.05) is 18.4 Å². The topological polar surface area (TPSA) is 92.4 Å². The average Bonchev–Trinajstić information content (AvgIpc) is 3.09. The van der Waals surface area contributed by atoms with Gasteiger partial charge in [0.1, 0.15) is 0 Å². The zero-order chi connectivity index (χ0) is 17.8. The van der Waals surface area contributed by atoms with Gasteiger partial charge in [-0.15, -0.1) is 5.10 Å². The second-order valence-electron chi connectivity index (χ2n) is 6.26. The highest BCUT2D eigenvalue weighted by molar-refractivity contribution is 5.95. The second kappa shape index (κ2) is 7.40. The number of aromatic nitrogens is 4. The molecule has 7 heteroatoms. The van der Waals surface area contributed by atoms with Crippen LogP contribution in [0.1, 0.15) is 53.7 Å². The zero-order valence-electron chi connectivity index (χ0n) is 14.3. The highest BCUT2D eigenvalue weighted by Gasteiger charge is 2.16. The number of nitrogens with zero attached hydrogens (tertiary/aromatic N) is 4. The van der Waals surface area contributed by atoms with E-state index in [0.717, 1.165) is 5.56 Å². The van der Waals surface area contributed by atoms with Crippen molar-refractivity contribution in [2.45, 2.75) is 32.2 Å². The molecule has 1 amide bonds. The number of hydrogen-bond acceptors (Lipinski definition) is 5. The van der Waals surface area contributed by atoms with E-state index in [2.05, 4.69) is 46.8 Å². The fourth-order valence-electron chi connectivity index (χ4n) is 2.69. The third-order valence-electron chi connectivity index (χ3n) is 4.19. The number of hydrogen-bond donors (Lipinski definition) is 2. The first-order chi connectivity index (χ1) is 12.1. The van der Waals surface area contributed by atoms with E-state index in [0.29, 0.717) is 23.5 Å². The number of rotatable bonds is 6. The average molecular weight is 339 g/mol. The Hall–Kier alpha value is -2.80. The highest BCUT2D eigenvalue weighted by atomic mass is 16.3. The van der Waals surface area contributed by atoms with Crippen LogP contribution in [0.3, 0.4) is 0 Å². The molecule has 0 saturated heterocycles. The Balaban J connectivity index is 1.79. The Morgan fingerprint density at radius 2 is 1.92 bits per heavy atom. The van der Waals surface area contributed by atoms with Gasteiger partial charge in [0.25, 0.3) is 5.91 Å². The molecule has 1 aromatic carbocycles. The van der Waals surface area contributed by atoms with Crippen LogP contribution in [-0.4, -0.2) is 37.7 Å². The third-order valence-corrected chi connectivity index (χ3v) is 4.19. The maximum absolute atomic E-state index is 12.6. The van der Waals surface area contributed by atoms with Crippen LogP contribution in [0.4, 0.5) is 0 Å². The minimum atomic E-state index is -0.258. The molecular weight excluding hydrogens is 318 g/mol. The van der Waals surface area contributed by atoms with Gasteiger partial charge in [0.05, 0.1) is 6.04 Å². The molecule has 0 aliphatic carbocycles. The predicted molar refractivity (Wildman–Crippen MR) is 93.2 cm³/mol. The van der Waals surface area contributed by atoms with E-state index in [9.17, 15) is 9.90 Å². The van der Waals surface area contributed by atoms with Gasteiger partial charge in [0.15, 0.2) is 5.65 Å². The summed E-state index contributed by atoms with van der Waals surface area (Å²) in [5, 5.41) is 23.5. The highest BCUT2D eigenvalue weighted by Crippen LogP contribution is 2.21. The van der Waals surface area contributed by atoms with E-state index in [1.165, 1.54) is 10.1 Å². The van der Waals surface area contributed by atoms with Crippen LogP contribution in [0.15, 0.2) is 42.6 Å². The Kier molecular flexibility index (Phi) is 5.04. The van der Waals surface area contributed by atoms with E-state index in [4.69, 9.17) is 0 Å². The molecule has 2 heterocycles. The van der Waals surface area contributed by atoms with E-state index in [1.807, 2.05) is 12.1 Å². The summed E-state index contributed by atoms with van der Waals surface area (Å²) < 4.78 is 1.49. The van der Waals surface area contributed by atoms with Gasteiger partial charge in [0.2, 0.25) is 0 Å². The van der Waals surface area contributed by atoms with Crippen molar-refractivity contribution in [1.29, 1.82) is 0 Å². The first-order valence-corrected chi connectivity index (χ1v) is 8.28. The van der Waals surface area contributed by atoms with Crippen LogP contribution in [-0.2, 0) is 0 Å². The summed E-state index contributed by atoms with van der Waals surface area (Å²) in [4.78, 5) is 12.6. The summed E-state index contributed by atoms with van der Waals surface area (Å²) in [6.07, 6.45) is 2.09. The van der Waals surface area contributed by atoms with Crippen LogP contribution >= 0.6 is 0 Å². The van der Waals surface area contributed by atoms with Gasteiger partial charge in [-0.05, 0) is 46.0 Å². The molecule has 1 atom stereocenters. The molecule has 3 rings (SSSR count). The lowest BCUT2D eigenvalue weighted by molar-refractivity contribution is 0.0930. The molecule has 0 aliphatic heterocycles. The van der Waals surface area contributed by atoms with Crippen molar-refractivity contribution >= 4 is 11.6 Å². The number of tetrazole rings is 1. The number of aliphatic hydroxyl groups is 1. The maximum atomic E-state index is 12.6. The molecule has 3 aromatic rings. The summed E-state index contributed by atoms with van der Waals surface area (Å²) in [5.74, 6) is 0.223. The number of benzene rings is 1. The quantitative estimate of drug-likeness (QED) is 0.717. The van der Waals surface area contributed by atoms with Crippen LogP contribution in [0.25, 0.3) is 5.65 Å². The van der Waals surface area contributed by atoms with Crippen LogP contribution in [0.5, 0.6) is 0 Å². The normalized spacial score (nSPS) is 12.5. The smallest absolute Gasteiger partial charge is 0.251 e. The van der Waals surface area contributed by atoms with Crippen molar-refractivity contribution in [2.24, 2.45) is 0 Å². The zero-order valence-corrected chi connectivity index (χ0v) is 14.3. The molecule has 7 nitrogen and oxygen atoms in total. The van der Waals surface area contributed by atoms with E-state index in [-0.39, 0.29) is 18.6 Å². The van der Waals surface area contributed by atoms with Crippen LogP contribution in [0, 0.1) is 0 Å². The van der Waals surface area contributed by atoms with Crippen molar-refractivity contribution in [3.8, 4) is 0 Å². The Bertz CT molecular complexity index is 857. The van der Waals surface area contributed by atoms with E-state index in [1.54, 1.807) is 18.3 Å². The third kappa shape index (κ3) is 3.83. The van der Waals surface area contributed by atoms with Crippen LogP contribution < -0.4 is 5.32 Å². The molecular formula is C18H21N5O2. The number of amides is 1. The monoisotopic (exact) mass is 339 g/mol. The Labute approximate surface area is 145 Å². The van der Waals surface area contributed by atoms with Gasteiger partial charge in [-0.2, -0.15) is 0 Å². The Morgan fingerprint density at radius 3 is 2.60 bits per heavy atom. The van der Waals surface area contributed by atoms with E-state index < -0.39 is 0 Å². The molecule has 2 N–H and O–H groups in total. The van der Waals surface area contributed by atoms with E-state index >= 15 is 0 Å². The molecule has 130 valence electrons. The molecule has 0 unspecified atom stereocenters. The van der Waals surface area contributed by atoms with Crippen LogP contribution in [0.2, 0.25) is 0 Å². The van der Waals surface area contributed by atoms with Crippen molar-refractivity contribution in [1.82, 2.24) is 25.4 Å². The van der Waals surface area contributed by atoms with Crippen molar-refractivity contribution < 1.29 is 9.90 Å². The molecule has 2 aromatic heterocycles. The second-order valence-corrected chi connectivity index (χ2v) is 6.26. The van der Waals surface area contributed by atoms with Gasteiger partial charge in [-0.1, -0.05) is 38.1 Å². The SMILES string of the molecule is CC(C)c1ccc([C@@H](CCO)NC(=O)c2ccn3nnnc3c2)cc1. The van der Waals surface area contributed by atoms with Gasteiger partial charge < -0.3 is 10.4 Å². The van der Waals surface area contributed by atoms with Gasteiger partial charge >= 0.3 is 0 Å². The van der Waals surface area contributed by atoms with Crippen molar-refractivity contribution in [2.75, 3.05) is 6.61 Å². The number of carbonyl (C=O) groups is 1. The number of aliphatic hydroxyl groups excluding tert-OH is 1. The molecule has 0 aliphatic rings. The number of nitrogens with one attached hydrogen (secondary N) is 1. The molecule has 0 fully saturated rings. The molecule has 0 radical (unpaired) electrons. The number of fused-ring (bicyclic) bond motifs is 1. The molecule has 0 saturated carbocycles. The minimum Gasteiger partial charge on any atom is -0.396 e. The number of pyridine rings is 1. The maximum Gasteiger partial charge on any atom is 0.251 e. The summed E-state index contributed by atoms with van der Waals surface area (Å²) >= 11 is 0. The first kappa shape index (κ1) is 17.0. The predicted octanol–water partition coefficient (Wildman–Crippen LogP) is 2.10. The summed E-state index contributed by atoms with van der Waals surface area (Å²) in [6.45, 7) is 4.26. The fourth-order valence-corrected chi connectivity index (χ4v) is 2.69. The summed E-state index contributed by atoms with van der Waals surface area (Å²) in [7, 11) is 0. The fraction of sp³-hybridized carbons (Fsp3) is 0.333. The lowest BCUT2D eigenvalue weighted by Crippen LogP contribution is -2.29. The first-order valence-electron chi connectivity index (χ1n) is 8.28. The Morgan fingerprint density at radius 1 is 1.20 bits per heavy atom. The van der Waals surface area contributed by atoms with Crippen molar-refractivity contribution in [3.05, 3.63) is 59.3 Å². The number of carbonyl (C=O) groups excluding carboxylic acids is 1. The lowest BCUT2D eigenvalue weighted by Gasteiger charge is -2.19. The van der Waals surface area contributed by atoms with Gasteiger partial charge in [-0.3, -0.25) is 4.79 Å². The minimum absolute atomic E-state index is 0.00991. The molecule has 25 heavy (non-hydrogen) atoms.